The minimum atomic E-state index is -0.542. The number of carbonyl (C=O) groups excluding carboxylic acids is 2. The van der Waals surface area contributed by atoms with Crippen molar-refractivity contribution in [3.05, 3.63) is 60.3 Å². The van der Waals surface area contributed by atoms with Gasteiger partial charge >= 0.3 is 12.2 Å². The lowest BCUT2D eigenvalue weighted by atomic mass is 9.98. The molecule has 6 atom stereocenters. The number of carbonyl (C=O) groups is 2. The molecule has 2 saturated carbocycles. The highest BCUT2D eigenvalue weighted by molar-refractivity contribution is 5.83. The zero-order valence-electron chi connectivity index (χ0n) is 28.7. The van der Waals surface area contributed by atoms with Crippen molar-refractivity contribution in [3.8, 4) is 22.4 Å². The molecule has 4 fully saturated rings. The second kappa shape index (κ2) is 11.1. The van der Waals surface area contributed by atoms with Gasteiger partial charge in [0.15, 0.2) is 0 Å². The third-order valence-electron chi connectivity index (χ3n) is 10.6. The largest absolute Gasteiger partial charge is 0.444 e. The highest BCUT2D eigenvalue weighted by atomic mass is 16.6. The molecular formula is C38H46N6O4. The number of piperidine rings is 2. The van der Waals surface area contributed by atoms with Crippen molar-refractivity contribution in [2.45, 2.75) is 115 Å². The number of rotatable bonds is 4. The van der Waals surface area contributed by atoms with E-state index < -0.39 is 11.2 Å². The Morgan fingerprint density at radius 1 is 0.708 bits per heavy atom. The standard InChI is InChI=1S/C38H46N6O4/c1-37(2,3)47-35(45)43-26-14-11-24(17-26)31(43)33-39-20-30(42-33)22-9-7-21(8-10-22)23-13-16-28-29(19-23)41-34(40-28)32-25-12-15-27(18-25)44(32)36(46)48-38(4,5)6/h7-10,13,16,19-20,24-27,31-32H,11-12,14-15,17-18H2,1-6H3,(H,39,42)(H,40,41)/t24-,25-,26+,27+,31-,32-/m0/s1. The summed E-state index contributed by atoms with van der Waals surface area (Å²) in [4.78, 5) is 47.1. The highest BCUT2D eigenvalue weighted by Crippen LogP contribution is 2.51. The molecule has 252 valence electrons. The van der Waals surface area contributed by atoms with Gasteiger partial charge in [-0.15, -0.1) is 0 Å². The van der Waals surface area contributed by atoms with Gasteiger partial charge in [0.05, 0.1) is 35.0 Å². The number of H-pyrrole nitrogens is 2. The molecule has 2 amide bonds. The summed E-state index contributed by atoms with van der Waals surface area (Å²) < 4.78 is 11.6. The van der Waals surface area contributed by atoms with Gasteiger partial charge in [0.25, 0.3) is 0 Å². The van der Waals surface area contributed by atoms with E-state index in [2.05, 4.69) is 52.4 Å². The predicted molar refractivity (Wildman–Crippen MR) is 183 cm³/mol. The zero-order valence-corrected chi connectivity index (χ0v) is 28.7. The molecule has 4 aliphatic rings. The summed E-state index contributed by atoms with van der Waals surface area (Å²) in [5.41, 5.74) is 4.91. The molecule has 4 bridgehead atoms. The molecule has 4 aromatic rings. The Bertz CT molecular complexity index is 1860. The lowest BCUT2D eigenvalue weighted by Crippen LogP contribution is -2.43. The number of nitrogens with one attached hydrogen (secondary N) is 2. The molecule has 48 heavy (non-hydrogen) atoms. The summed E-state index contributed by atoms with van der Waals surface area (Å²) in [6.07, 6.45) is 7.62. The molecule has 8 rings (SSSR count). The SMILES string of the molecule is CC(C)(C)OC(=O)N1[C@@H]2CC[C@@H](C2)[C@H]1c1ncc(-c2ccc(-c3ccc4nc([C@@H]5[C@H]6CC[C@H](C6)N5C(=O)OC(C)(C)C)[nH]c4c3)cc2)[nH]1. The van der Waals surface area contributed by atoms with Gasteiger partial charge in [0, 0.05) is 12.1 Å². The maximum Gasteiger partial charge on any atom is 0.411 e. The van der Waals surface area contributed by atoms with E-state index in [1.807, 2.05) is 57.5 Å². The van der Waals surface area contributed by atoms with E-state index in [1.165, 1.54) is 0 Å². The van der Waals surface area contributed by atoms with E-state index in [0.717, 1.165) is 83.6 Å². The zero-order chi connectivity index (χ0) is 33.5. The summed E-state index contributed by atoms with van der Waals surface area (Å²) in [5, 5.41) is 0. The number of likely N-dealkylation sites (tertiary alicyclic amines) is 2. The smallest absolute Gasteiger partial charge is 0.411 e. The van der Waals surface area contributed by atoms with E-state index >= 15 is 0 Å². The van der Waals surface area contributed by atoms with Crippen LogP contribution in [0.25, 0.3) is 33.4 Å². The van der Waals surface area contributed by atoms with Gasteiger partial charge in [0.2, 0.25) is 0 Å². The number of nitrogens with zero attached hydrogens (tertiary/aromatic N) is 4. The second-order valence-corrected chi connectivity index (χ2v) is 16.2. The molecule has 2 aliphatic heterocycles. The van der Waals surface area contributed by atoms with Gasteiger partial charge in [-0.3, -0.25) is 9.80 Å². The minimum absolute atomic E-state index is 0.0896. The van der Waals surface area contributed by atoms with Crippen molar-refractivity contribution in [1.29, 1.82) is 0 Å². The summed E-state index contributed by atoms with van der Waals surface area (Å²) in [6.45, 7) is 11.5. The first kappa shape index (κ1) is 31.0. The van der Waals surface area contributed by atoms with Crippen molar-refractivity contribution in [1.82, 2.24) is 29.7 Å². The van der Waals surface area contributed by atoms with E-state index in [0.29, 0.717) is 11.8 Å². The molecular weight excluding hydrogens is 604 g/mol. The van der Waals surface area contributed by atoms with Crippen LogP contribution in [0.2, 0.25) is 0 Å². The van der Waals surface area contributed by atoms with Crippen LogP contribution >= 0.6 is 0 Å². The van der Waals surface area contributed by atoms with Crippen LogP contribution in [-0.2, 0) is 9.47 Å². The molecule has 4 heterocycles. The van der Waals surface area contributed by atoms with Crippen LogP contribution < -0.4 is 0 Å². The molecule has 0 radical (unpaired) electrons. The Labute approximate surface area is 281 Å². The third-order valence-corrected chi connectivity index (χ3v) is 10.6. The summed E-state index contributed by atoms with van der Waals surface area (Å²) in [5.74, 6) is 2.45. The second-order valence-electron chi connectivity index (χ2n) is 16.2. The lowest BCUT2D eigenvalue weighted by Gasteiger charge is -2.35. The molecule has 2 aliphatic carbocycles. The van der Waals surface area contributed by atoms with E-state index in [4.69, 9.17) is 19.4 Å². The number of fused-ring (bicyclic) bond motifs is 5. The Balaban J connectivity index is 1.01. The molecule has 2 saturated heterocycles. The first-order valence-electron chi connectivity index (χ1n) is 17.5. The fraction of sp³-hybridized carbons (Fsp3) is 0.526. The van der Waals surface area contributed by atoms with Crippen LogP contribution in [0.15, 0.2) is 48.7 Å². The van der Waals surface area contributed by atoms with E-state index in [1.54, 1.807) is 0 Å². The third kappa shape index (κ3) is 5.52. The topological polar surface area (TPSA) is 116 Å². The summed E-state index contributed by atoms with van der Waals surface area (Å²) in [7, 11) is 0. The quantitative estimate of drug-likeness (QED) is 0.229. The Kier molecular flexibility index (Phi) is 7.16. The fourth-order valence-corrected chi connectivity index (χ4v) is 8.66. The van der Waals surface area contributed by atoms with Gasteiger partial charge in [-0.1, -0.05) is 30.3 Å². The molecule has 10 nitrogen and oxygen atoms in total. The molecule has 0 unspecified atom stereocenters. The van der Waals surface area contributed by atoms with Crippen LogP contribution in [0.1, 0.15) is 104 Å². The van der Waals surface area contributed by atoms with Gasteiger partial charge < -0.3 is 19.4 Å². The number of hydrogen-bond donors (Lipinski definition) is 2. The summed E-state index contributed by atoms with van der Waals surface area (Å²) >= 11 is 0. The van der Waals surface area contributed by atoms with Crippen LogP contribution in [0.4, 0.5) is 9.59 Å². The van der Waals surface area contributed by atoms with E-state index in [-0.39, 0.29) is 36.4 Å². The number of aromatic amines is 2. The Morgan fingerprint density at radius 2 is 1.25 bits per heavy atom. The number of benzene rings is 2. The molecule has 2 aromatic carbocycles. The van der Waals surface area contributed by atoms with Crippen molar-refractivity contribution < 1.29 is 19.1 Å². The van der Waals surface area contributed by atoms with Crippen molar-refractivity contribution in [3.63, 3.8) is 0 Å². The van der Waals surface area contributed by atoms with Crippen LogP contribution in [0.3, 0.4) is 0 Å². The minimum Gasteiger partial charge on any atom is -0.444 e. The molecule has 2 aromatic heterocycles. The summed E-state index contributed by atoms with van der Waals surface area (Å²) in [6, 6.07) is 15.0. The van der Waals surface area contributed by atoms with Crippen molar-refractivity contribution in [2.24, 2.45) is 11.8 Å². The van der Waals surface area contributed by atoms with Gasteiger partial charge in [-0.2, -0.15) is 0 Å². The van der Waals surface area contributed by atoms with Crippen molar-refractivity contribution in [2.75, 3.05) is 0 Å². The Hall–Kier alpha value is -4.34. The lowest BCUT2D eigenvalue weighted by molar-refractivity contribution is 0.00524. The predicted octanol–water partition coefficient (Wildman–Crippen LogP) is 8.54. The fourth-order valence-electron chi connectivity index (χ4n) is 8.66. The van der Waals surface area contributed by atoms with Crippen LogP contribution in [0.5, 0.6) is 0 Å². The van der Waals surface area contributed by atoms with Gasteiger partial charge in [-0.25, -0.2) is 19.6 Å². The van der Waals surface area contributed by atoms with Crippen LogP contribution in [0, 0.1) is 11.8 Å². The van der Waals surface area contributed by atoms with Crippen molar-refractivity contribution >= 4 is 23.2 Å². The maximum atomic E-state index is 13.2. The Morgan fingerprint density at radius 3 is 1.83 bits per heavy atom. The van der Waals surface area contributed by atoms with Crippen LogP contribution in [-0.4, -0.2) is 65.2 Å². The van der Waals surface area contributed by atoms with Gasteiger partial charge in [0.1, 0.15) is 22.9 Å². The molecule has 0 spiro atoms. The normalized spacial score (nSPS) is 26.5. The monoisotopic (exact) mass is 650 g/mol. The average Bonchev–Trinajstić information content (AvgIpc) is 3.86. The first-order chi connectivity index (χ1) is 22.8. The average molecular weight is 651 g/mol. The number of imidazole rings is 2. The number of amides is 2. The first-order valence-corrected chi connectivity index (χ1v) is 17.5. The molecule has 2 N–H and O–H groups in total. The van der Waals surface area contributed by atoms with Gasteiger partial charge in [-0.05, 0) is 121 Å². The van der Waals surface area contributed by atoms with E-state index in [9.17, 15) is 9.59 Å². The number of aromatic nitrogens is 4. The highest BCUT2D eigenvalue weighted by Gasteiger charge is 2.52. The molecule has 10 heteroatoms. The maximum absolute atomic E-state index is 13.2. The number of hydrogen-bond acceptors (Lipinski definition) is 6. The number of ether oxygens (including phenoxy) is 2.